The summed E-state index contributed by atoms with van der Waals surface area (Å²) in [5.41, 5.74) is 26.2. The monoisotopic (exact) mass is 2310 g/mol. The summed E-state index contributed by atoms with van der Waals surface area (Å²) < 4.78 is 9.02. The summed E-state index contributed by atoms with van der Waals surface area (Å²) >= 11 is 4.24. The van der Waals surface area contributed by atoms with Crippen LogP contribution in [0.1, 0.15) is 143 Å². The number of allylic oxidation sites excluding steroid dienone is 6. The average Bonchev–Trinajstić information content (AvgIpc) is 1.55. The molecule has 12 aromatic heterocycles. The standard InChI is InChI=1S/C21H17N3.3C21H16N3.3C5H8O2.I2.HI.2Ir/c4*1-13(2)14-7-5-11-18-19(14)20-15(8-6-12-22-20)21-23-16-9-3-4-10-17(16)24(18)21;3*1-4(6)3-5(2)7;1-2;;;/h3-13H,1-2H3;3*3-7,9-13H,1-2H3;3*3,6H,1-2H3;;1H;;/q;3*-1;;;;;;;+3. The van der Waals surface area contributed by atoms with Gasteiger partial charge in [-0.05, 0) is 205 Å². The minimum atomic E-state index is -0.125. The maximum Gasteiger partial charge on any atom is 3.00 e. The van der Waals surface area contributed by atoms with E-state index >= 15 is 0 Å². The number of halogens is 3. The van der Waals surface area contributed by atoms with Crippen molar-refractivity contribution in [2.75, 3.05) is 0 Å². The predicted octanol–water partition coefficient (Wildman–Crippen LogP) is 26.1. The number of pyridine rings is 8. The van der Waals surface area contributed by atoms with Crippen molar-refractivity contribution in [1.29, 1.82) is 0 Å². The number of benzene rings is 8. The van der Waals surface area contributed by atoms with Crippen LogP contribution in [0.15, 0.2) is 260 Å². The summed E-state index contributed by atoms with van der Waals surface area (Å²) in [4.78, 5) is 68.3. The van der Waals surface area contributed by atoms with E-state index in [1.165, 1.54) is 109 Å². The van der Waals surface area contributed by atoms with Gasteiger partial charge < -0.3 is 43.5 Å². The molecule has 0 saturated carbocycles. The Morgan fingerprint density at radius 3 is 0.820 bits per heavy atom. The van der Waals surface area contributed by atoms with Crippen LogP contribution in [0, 0.1) is 18.2 Å². The summed E-state index contributed by atoms with van der Waals surface area (Å²) in [6, 6.07) is 79.0. The Labute approximate surface area is 773 Å². The molecule has 0 fully saturated rings. The molecular formula is C99H90I3Ir2N12O6. The molecular weight excluding hydrogens is 2220 g/mol. The molecule has 0 unspecified atom stereocenters. The van der Waals surface area contributed by atoms with Crippen LogP contribution >= 0.6 is 61.2 Å². The molecule has 0 bridgehead atoms. The zero-order valence-electron chi connectivity index (χ0n) is 69.7. The molecule has 12 heterocycles. The number of hydrogen-bond donors (Lipinski definition) is 3. The van der Waals surface area contributed by atoms with Crippen LogP contribution in [-0.4, -0.2) is 90.1 Å². The predicted molar refractivity (Wildman–Crippen MR) is 520 cm³/mol. The van der Waals surface area contributed by atoms with Crippen LogP contribution in [-0.2, 0) is 54.6 Å². The number of aromatic nitrogens is 12. The molecule has 0 saturated heterocycles. The third-order valence-corrected chi connectivity index (χ3v) is 20.1. The fraction of sp³-hybridized carbons (Fsp3) is 0.182. The summed E-state index contributed by atoms with van der Waals surface area (Å²) in [6.45, 7) is 26.4. The van der Waals surface area contributed by atoms with Gasteiger partial charge in [0.05, 0.1) is 89.4 Å². The van der Waals surface area contributed by atoms with Gasteiger partial charge in [0.1, 0.15) is 5.65 Å². The Morgan fingerprint density at radius 1 is 0.328 bits per heavy atom. The van der Waals surface area contributed by atoms with E-state index in [2.05, 4.69) is 295 Å². The fourth-order valence-corrected chi connectivity index (χ4v) is 15.5. The normalized spacial score (nSPS) is 11.6. The molecule has 3 N–H and O–H groups in total. The number of ketones is 3. The Kier molecular flexibility index (Phi) is 31.8. The van der Waals surface area contributed by atoms with E-state index in [0.29, 0.717) is 23.7 Å². The van der Waals surface area contributed by atoms with Crippen LogP contribution in [0.5, 0.6) is 0 Å². The van der Waals surface area contributed by atoms with E-state index in [4.69, 9.17) is 40.2 Å². The van der Waals surface area contributed by atoms with Gasteiger partial charge in [-0.3, -0.25) is 38.7 Å². The summed E-state index contributed by atoms with van der Waals surface area (Å²) in [5.74, 6) is 1.52. The molecule has 0 aliphatic heterocycles. The van der Waals surface area contributed by atoms with Crippen LogP contribution in [0.4, 0.5) is 0 Å². The third-order valence-electron chi connectivity index (χ3n) is 20.1. The minimum absolute atomic E-state index is 0. The Morgan fingerprint density at radius 2 is 0.566 bits per heavy atom. The Balaban J connectivity index is 0.000000156. The molecule has 621 valence electrons. The van der Waals surface area contributed by atoms with Gasteiger partial charge >= 0.3 is 20.1 Å². The van der Waals surface area contributed by atoms with Crippen LogP contribution in [0.25, 0.3) is 154 Å². The number of hydrogen-bond acceptors (Lipinski definition) is 14. The van der Waals surface area contributed by atoms with Crippen molar-refractivity contribution in [3.05, 3.63) is 301 Å². The number of carbonyl (C=O) groups is 3. The summed E-state index contributed by atoms with van der Waals surface area (Å²) in [7, 11) is 0. The van der Waals surface area contributed by atoms with E-state index in [9.17, 15) is 14.4 Å². The third kappa shape index (κ3) is 19.4. The van der Waals surface area contributed by atoms with Crippen molar-refractivity contribution < 1.29 is 69.9 Å². The van der Waals surface area contributed by atoms with Gasteiger partial charge in [0, 0.05) is 109 Å². The van der Waals surface area contributed by atoms with Gasteiger partial charge in [0.15, 0.2) is 17.3 Å². The van der Waals surface area contributed by atoms with Crippen molar-refractivity contribution in [3.8, 4) is 0 Å². The second-order valence-corrected chi connectivity index (χ2v) is 30.1. The van der Waals surface area contributed by atoms with Crippen molar-refractivity contribution in [1.82, 2.24) is 57.5 Å². The van der Waals surface area contributed by atoms with Crippen LogP contribution in [0.3, 0.4) is 0 Å². The zero-order chi connectivity index (χ0) is 84.6. The molecule has 0 spiro atoms. The molecule has 122 heavy (non-hydrogen) atoms. The summed E-state index contributed by atoms with van der Waals surface area (Å²) in [5, 5.41) is 34.0. The first-order valence-electron chi connectivity index (χ1n) is 39.2. The molecule has 0 amide bonds. The smallest absolute Gasteiger partial charge is 0.512 e. The van der Waals surface area contributed by atoms with E-state index in [0.717, 1.165) is 127 Å². The topological polar surface area (TPSA) is 233 Å². The number of rotatable bonds is 7. The van der Waals surface area contributed by atoms with Gasteiger partial charge in [0.25, 0.3) is 0 Å². The molecule has 0 atom stereocenters. The van der Waals surface area contributed by atoms with Crippen LogP contribution < -0.4 is 0 Å². The molecule has 18 nitrogen and oxygen atoms in total. The van der Waals surface area contributed by atoms with E-state index < -0.39 is 0 Å². The first-order valence-corrected chi connectivity index (χ1v) is 45.5. The maximum atomic E-state index is 10.0. The number of imidazole rings is 4. The Bertz CT molecular complexity index is 6530. The molecule has 1 radical (unpaired) electrons. The van der Waals surface area contributed by atoms with Gasteiger partial charge in [0.2, 0.25) is 0 Å². The van der Waals surface area contributed by atoms with E-state index in [1.807, 2.05) is 73.3 Å². The zero-order valence-corrected chi connectivity index (χ0v) is 81.1. The first-order chi connectivity index (χ1) is 57.4. The van der Waals surface area contributed by atoms with Crippen molar-refractivity contribution >= 4 is 233 Å². The molecule has 8 aromatic carbocycles. The number of carbonyl (C=O) groups excluding carboxylic acids is 3. The fourth-order valence-electron chi connectivity index (χ4n) is 15.5. The average molecular weight is 2310 g/mol. The molecule has 20 rings (SSSR count). The van der Waals surface area contributed by atoms with Crippen molar-refractivity contribution in [3.63, 3.8) is 0 Å². The largest absolute Gasteiger partial charge is 3.00 e. The summed E-state index contributed by atoms with van der Waals surface area (Å²) in [6.07, 6.45) is 10.8. The van der Waals surface area contributed by atoms with Crippen molar-refractivity contribution in [2.45, 2.75) is 121 Å². The van der Waals surface area contributed by atoms with Gasteiger partial charge in [-0.25, -0.2) is 4.98 Å². The maximum absolute atomic E-state index is 10.0. The second kappa shape index (κ2) is 41.5. The van der Waals surface area contributed by atoms with E-state index in [1.54, 1.807) is 0 Å². The molecule has 0 aliphatic rings. The molecule has 0 aliphatic carbocycles. The van der Waals surface area contributed by atoms with Crippen molar-refractivity contribution in [2.24, 2.45) is 0 Å². The Hall–Kier alpha value is -10.6. The van der Waals surface area contributed by atoms with Crippen LogP contribution in [0.2, 0.25) is 0 Å². The van der Waals surface area contributed by atoms with Gasteiger partial charge in [-0.1, -0.05) is 187 Å². The number of nitrogens with zero attached hydrogens (tertiary/aromatic N) is 12. The second-order valence-electron chi connectivity index (χ2n) is 30.1. The minimum Gasteiger partial charge on any atom is -0.512 e. The number of aliphatic hydroxyl groups excluding tert-OH is 3. The number of para-hydroxylation sites is 8. The number of aliphatic hydroxyl groups is 3. The SMILES string of the molecule is CC(=O)C=C(C)O.CC(=O)C=C(C)O.CC(=O)C=C(C)O.CC(C)c1cccc2c1c1ncc[c-]c1c1nc3ccccc3n21.CC(C)c1cccc2c1c1ncc[c-]c1c1nc3ccccc3n21.CC(C)c1cccc2c1c1ncc[c-]c1c1nc3ccccc3n21.CC(C)c1cccc2c1c1ncccc1c1nc3ccccc3n21.I.II.[Ir+3].[Ir]. The molecule has 20 aromatic rings. The van der Waals surface area contributed by atoms with Gasteiger partial charge in [-0.15, -0.1) is 60.4 Å². The van der Waals surface area contributed by atoms with Gasteiger partial charge in [-0.2, -0.15) is 0 Å². The number of fused-ring (bicyclic) bond motifs is 32. The first kappa shape index (κ1) is 93.6. The molecule has 23 heteroatoms. The quantitative estimate of drug-likeness (QED) is 0.0443. The van der Waals surface area contributed by atoms with E-state index in [-0.39, 0.29) is 98.8 Å².